The minimum absolute atomic E-state index is 0.443. The highest BCUT2D eigenvalue weighted by molar-refractivity contribution is 7.80. The number of nitrogens with zero attached hydrogens (tertiary/aromatic N) is 1. The lowest BCUT2D eigenvalue weighted by Gasteiger charge is -2.05. The number of anilines is 1. The first-order chi connectivity index (χ1) is 5.72. The number of rotatable bonds is 1. The molecular weight excluding hydrogens is 194 g/mol. The van der Waals surface area contributed by atoms with Gasteiger partial charge < -0.3 is 10.6 Å². The van der Waals surface area contributed by atoms with Gasteiger partial charge in [-0.3, -0.25) is 0 Å². The first kappa shape index (κ1) is 9.22. The van der Waals surface area contributed by atoms with E-state index in [1.54, 1.807) is 25.2 Å². The molecule has 0 fully saturated rings. The van der Waals surface area contributed by atoms with Crippen molar-refractivity contribution < 1.29 is 0 Å². The van der Waals surface area contributed by atoms with E-state index in [0.29, 0.717) is 16.1 Å². The molecule has 0 saturated carbocycles. The lowest BCUT2D eigenvalue weighted by atomic mass is 10.5. The van der Waals surface area contributed by atoms with Gasteiger partial charge in [0, 0.05) is 7.05 Å². The van der Waals surface area contributed by atoms with E-state index in [-0.39, 0.29) is 0 Å². The molecule has 0 aliphatic carbocycles. The molecule has 0 aromatic carbocycles. The van der Waals surface area contributed by atoms with Crippen LogP contribution in [-0.4, -0.2) is 17.1 Å². The van der Waals surface area contributed by atoms with Crippen molar-refractivity contribution >= 4 is 34.7 Å². The summed E-state index contributed by atoms with van der Waals surface area (Å²) in [6, 6.07) is 5.29. The van der Waals surface area contributed by atoms with E-state index in [1.807, 2.05) is 0 Å². The van der Waals surface area contributed by atoms with E-state index in [1.165, 1.54) is 0 Å². The van der Waals surface area contributed by atoms with E-state index in [9.17, 15) is 0 Å². The van der Waals surface area contributed by atoms with Crippen molar-refractivity contribution in [3.8, 4) is 0 Å². The quantitative estimate of drug-likeness (QED) is 0.535. The van der Waals surface area contributed by atoms with Crippen LogP contribution in [0, 0.1) is 0 Å². The summed E-state index contributed by atoms with van der Waals surface area (Å²) in [6.45, 7) is 0. The lowest BCUT2D eigenvalue weighted by molar-refractivity contribution is 1.18. The standard InChI is InChI=1S/C7H8ClN3S/c1-9-7(12)11-6-4-2-3-5(8)10-6/h2-4H,1H3,(H2,9,10,11,12). The summed E-state index contributed by atoms with van der Waals surface area (Å²) >= 11 is 10.5. The van der Waals surface area contributed by atoms with Crippen LogP contribution < -0.4 is 10.6 Å². The second-order valence-corrected chi connectivity index (χ2v) is 2.85. The van der Waals surface area contributed by atoms with Gasteiger partial charge in [0.25, 0.3) is 0 Å². The Hall–Kier alpha value is -0.870. The zero-order chi connectivity index (χ0) is 8.97. The number of halogens is 1. The maximum absolute atomic E-state index is 5.66. The molecule has 0 bridgehead atoms. The van der Waals surface area contributed by atoms with Gasteiger partial charge in [0.15, 0.2) is 5.11 Å². The van der Waals surface area contributed by atoms with Crippen molar-refractivity contribution in [3.63, 3.8) is 0 Å². The summed E-state index contributed by atoms with van der Waals surface area (Å²) < 4.78 is 0. The third-order valence-corrected chi connectivity index (χ3v) is 1.70. The van der Waals surface area contributed by atoms with Gasteiger partial charge in [0.2, 0.25) is 0 Å². The molecule has 12 heavy (non-hydrogen) atoms. The van der Waals surface area contributed by atoms with E-state index < -0.39 is 0 Å². The summed E-state index contributed by atoms with van der Waals surface area (Å²) in [6.07, 6.45) is 0. The maximum Gasteiger partial charge on any atom is 0.171 e. The second-order valence-electron chi connectivity index (χ2n) is 2.05. The molecule has 0 aliphatic heterocycles. The topological polar surface area (TPSA) is 37.0 Å². The number of hydrogen-bond donors (Lipinski definition) is 2. The van der Waals surface area contributed by atoms with Crippen molar-refractivity contribution in [2.75, 3.05) is 12.4 Å². The van der Waals surface area contributed by atoms with Crippen molar-refractivity contribution in [3.05, 3.63) is 23.4 Å². The Balaban J connectivity index is 2.69. The second kappa shape index (κ2) is 4.23. The molecule has 1 heterocycles. The van der Waals surface area contributed by atoms with Crippen molar-refractivity contribution in [1.82, 2.24) is 10.3 Å². The molecule has 1 rings (SSSR count). The molecule has 0 aliphatic rings. The Bertz CT molecular complexity index is 290. The van der Waals surface area contributed by atoms with Gasteiger partial charge in [-0.05, 0) is 24.4 Å². The molecule has 3 nitrogen and oxygen atoms in total. The van der Waals surface area contributed by atoms with E-state index in [4.69, 9.17) is 23.8 Å². The normalized spacial score (nSPS) is 9.17. The van der Waals surface area contributed by atoms with Gasteiger partial charge >= 0.3 is 0 Å². The Morgan fingerprint density at radius 1 is 1.58 bits per heavy atom. The molecule has 0 atom stereocenters. The number of aromatic nitrogens is 1. The van der Waals surface area contributed by atoms with Crippen LogP contribution in [0.4, 0.5) is 5.82 Å². The molecule has 64 valence electrons. The van der Waals surface area contributed by atoms with Crippen LogP contribution in [0.5, 0.6) is 0 Å². The lowest BCUT2D eigenvalue weighted by Crippen LogP contribution is -2.24. The highest BCUT2D eigenvalue weighted by atomic mass is 35.5. The van der Waals surface area contributed by atoms with Gasteiger partial charge in [-0.2, -0.15) is 0 Å². The number of thiocarbonyl (C=S) groups is 1. The van der Waals surface area contributed by atoms with Crippen molar-refractivity contribution in [2.24, 2.45) is 0 Å². The molecule has 0 spiro atoms. The fourth-order valence-corrected chi connectivity index (χ4v) is 0.925. The van der Waals surface area contributed by atoms with Crippen LogP contribution in [0.15, 0.2) is 18.2 Å². The summed E-state index contributed by atoms with van der Waals surface area (Å²) in [5.41, 5.74) is 0. The Morgan fingerprint density at radius 2 is 2.33 bits per heavy atom. The molecule has 1 aromatic rings. The van der Waals surface area contributed by atoms with Crippen LogP contribution in [0.25, 0.3) is 0 Å². The van der Waals surface area contributed by atoms with Crippen LogP contribution in [-0.2, 0) is 0 Å². The SMILES string of the molecule is CNC(=S)Nc1cccc(Cl)n1. The predicted molar refractivity (Wildman–Crippen MR) is 54.5 cm³/mol. The minimum atomic E-state index is 0.443. The Kier molecular flexibility index (Phi) is 3.25. The fourth-order valence-electron chi connectivity index (χ4n) is 0.657. The molecule has 0 unspecified atom stereocenters. The van der Waals surface area contributed by atoms with Gasteiger partial charge in [-0.25, -0.2) is 4.98 Å². The molecule has 0 amide bonds. The average Bonchev–Trinajstić information content (AvgIpc) is 2.04. The van der Waals surface area contributed by atoms with Crippen LogP contribution in [0.3, 0.4) is 0 Å². The molecule has 0 saturated heterocycles. The van der Waals surface area contributed by atoms with Gasteiger partial charge in [-0.1, -0.05) is 17.7 Å². The number of nitrogens with one attached hydrogen (secondary N) is 2. The highest BCUT2D eigenvalue weighted by Gasteiger charge is 1.95. The first-order valence-electron chi connectivity index (χ1n) is 3.33. The first-order valence-corrected chi connectivity index (χ1v) is 4.12. The van der Waals surface area contributed by atoms with Crippen molar-refractivity contribution in [1.29, 1.82) is 0 Å². The average molecular weight is 202 g/mol. The number of pyridine rings is 1. The zero-order valence-corrected chi connectivity index (χ0v) is 8.04. The fraction of sp³-hybridized carbons (Fsp3) is 0.143. The molecule has 1 aromatic heterocycles. The van der Waals surface area contributed by atoms with Crippen LogP contribution in [0.2, 0.25) is 5.15 Å². The third kappa shape index (κ3) is 2.64. The van der Waals surface area contributed by atoms with E-state index in [0.717, 1.165) is 0 Å². The highest BCUT2D eigenvalue weighted by Crippen LogP contribution is 2.08. The maximum atomic E-state index is 5.66. The predicted octanol–water partition coefficient (Wildman–Crippen LogP) is 1.65. The summed E-state index contributed by atoms with van der Waals surface area (Å²) in [4.78, 5) is 3.99. The number of hydrogen-bond acceptors (Lipinski definition) is 2. The van der Waals surface area contributed by atoms with Gasteiger partial charge in [-0.15, -0.1) is 0 Å². The Morgan fingerprint density at radius 3 is 2.92 bits per heavy atom. The molecular formula is C7H8ClN3S. The summed E-state index contributed by atoms with van der Waals surface area (Å²) in [7, 11) is 1.74. The Labute approximate surface area is 81.1 Å². The zero-order valence-electron chi connectivity index (χ0n) is 6.47. The van der Waals surface area contributed by atoms with Crippen LogP contribution >= 0.6 is 23.8 Å². The van der Waals surface area contributed by atoms with E-state index >= 15 is 0 Å². The summed E-state index contributed by atoms with van der Waals surface area (Å²) in [5, 5.41) is 6.59. The van der Waals surface area contributed by atoms with Crippen molar-refractivity contribution in [2.45, 2.75) is 0 Å². The van der Waals surface area contributed by atoms with Gasteiger partial charge in [0.1, 0.15) is 11.0 Å². The monoisotopic (exact) mass is 201 g/mol. The third-order valence-electron chi connectivity index (χ3n) is 1.18. The van der Waals surface area contributed by atoms with E-state index in [2.05, 4.69) is 15.6 Å². The largest absolute Gasteiger partial charge is 0.365 e. The molecule has 5 heteroatoms. The molecule has 0 radical (unpaired) electrons. The minimum Gasteiger partial charge on any atom is -0.365 e. The van der Waals surface area contributed by atoms with Gasteiger partial charge in [0.05, 0.1) is 0 Å². The molecule has 2 N–H and O–H groups in total. The summed E-state index contributed by atoms with van der Waals surface area (Å²) in [5.74, 6) is 0.641. The smallest absolute Gasteiger partial charge is 0.171 e. The van der Waals surface area contributed by atoms with Crippen LogP contribution in [0.1, 0.15) is 0 Å².